The highest BCUT2D eigenvalue weighted by Crippen LogP contribution is 2.17. The molecule has 0 aliphatic carbocycles. The minimum absolute atomic E-state index is 0.0662. The van der Waals surface area contributed by atoms with E-state index < -0.39 is 5.97 Å². The number of aromatic carboxylic acids is 1. The van der Waals surface area contributed by atoms with Crippen molar-refractivity contribution in [1.29, 1.82) is 0 Å². The van der Waals surface area contributed by atoms with Crippen LogP contribution in [0.25, 0.3) is 0 Å². The highest BCUT2D eigenvalue weighted by molar-refractivity contribution is 5.85. The van der Waals surface area contributed by atoms with Crippen molar-refractivity contribution in [3.63, 3.8) is 0 Å². The van der Waals surface area contributed by atoms with Crippen molar-refractivity contribution < 1.29 is 14.3 Å². The zero-order chi connectivity index (χ0) is 13.2. The Morgan fingerprint density at radius 2 is 2.05 bits per heavy atom. The number of oxazole rings is 1. The van der Waals surface area contributed by atoms with E-state index in [4.69, 9.17) is 9.52 Å². The second kappa shape index (κ2) is 4.63. The molecule has 8 heteroatoms. The van der Waals surface area contributed by atoms with Crippen LogP contribution in [0, 0.1) is 0 Å². The quantitative estimate of drug-likeness (QED) is 0.828. The maximum Gasteiger partial charge on any atom is 0.357 e. The van der Waals surface area contributed by atoms with Gasteiger partial charge in [-0.25, -0.2) is 9.78 Å². The number of carbonyl (C=O) groups is 1. The maximum atomic E-state index is 10.7. The molecular weight excluding hydrogens is 250 g/mol. The van der Waals surface area contributed by atoms with Crippen molar-refractivity contribution >= 4 is 17.9 Å². The van der Waals surface area contributed by atoms with Gasteiger partial charge in [0.15, 0.2) is 5.69 Å². The van der Waals surface area contributed by atoms with Gasteiger partial charge in [-0.1, -0.05) is 0 Å². The highest BCUT2D eigenvalue weighted by atomic mass is 16.4. The number of H-pyrrole nitrogens is 1. The summed E-state index contributed by atoms with van der Waals surface area (Å²) in [6.45, 7) is 2.97. The Morgan fingerprint density at radius 3 is 2.63 bits per heavy atom. The van der Waals surface area contributed by atoms with Gasteiger partial charge < -0.3 is 24.3 Å². The molecule has 0 spiro atoms. The van der Waals surface area contributed by atoms with Gasteiger partial charge in [-0.05, 0) is 0 Å². The zero-order valence-electron chi connectivity index (χ0n) is 10.1. The Bertz CT molecular complexity index is 557. The fourth-order valence-electron chi connectivity index (χ4n) is 2.05. The van der Waals surface area contributed by atoms with E-state index in [0.29, 0.717) is 19.1 Å². The van der Waals surface area contributed by atoms with Gasteiger partial charge in [0.1, 0.15) is 6.26 Å². The third-order valence-electron chi connectivity index (χ3n) is 3.04. The van der Waals surface area contributed by atoms with Gasteiger partial charge in [0.25, 0.3) is 6.01 Å². The number of nitrogens with one attached hydrogen (secondary N) is 1. The second-order valence-corrected chi connectivity index (χ2v) is 4.21. The third kappa shape index (κ3) is 2.24. The first kappa shape index (κ1) is 11.6. The molecule has 0 radical (unpaired) electrons. The van der Waals surface area contributed by atoms with Crippen LogP contribution in [0.4, 0.5) is 12.0 Å². The van der Waals surface area contributed by atoms with Crippen LogP contribution in [-0.2, 0) is 0 Å². The fourth-order valence-corrected chi connectivity index (χ4v) is 2.05. The van der Waals surface area contributed by atoms with Crippen molar-refractivity contribution in [3.05, 3.63) is 24.4 Å². The van der Waals surface area contributed by atoms with Crippen LogP contribution in [0.2, 0.25) is 0 Å². The van der Waals surface area contributed by atoms with Gasteiger partial charge in [-0.15, -0.1) is 0 Å². The lowest BCUT2D eigenvalue weighted by molar-refractivity contribution is 0.0690. The number of hydrogen-bond acceptors (Lipinski definition) is 6. The van der Waals surface area contributed by atoms with E-state index in [1.807, 2.05) is 4.90 Å². The number of carboxylic acids is 1. The fraction of sp³-hybridized carbons (Fsp3) is 0.364. The summed E-state index contributed by atoms with van der Waals surface area (Å²) in [7, 11) is 0. The van der Waals surface area contributed by atoms with Crippen molar-refractivity contribution in [2.75, 3.05) is 36.0 Å². The van der Waals surface area contributed by atoms with Crippen LogP contribution in [0.5, 0.6) is 0 Å². The normalized spacial score (nSPS) is 15.8. The molecule has 0 amide bonds. The molecule has 0 bridgehead atoms. The Hall–Kier alpha value is -2.51. The van der Waals surface area contributed by atoms with E-state index in [1.54, 1.807) is 12.4 Å². The number of carboxylic acid groups (broad SMARTS) is 1. The lowest BCUT2D eigenvalue weighted by atomic mass is 10.3. The molecule has 0 aromatic carbocycles. The van der Waals surface area contributed by atoms with E-state index in [2.05, 4.69) is 19.9 Å². The monoisotopic (exact) mass is 263 g/mol. The molecule has 2 aromatic rings. The number of imidazole rings is 1. The summed E-state index contributed by atoms with van der Waals surface area (Å²) in [4.78, 5) is 26.0. The first-order valence-electron chi connectivity index (χ1n) is 5.92. The molecule has 1 fully saturated rings. The molecule has 2 aromatic heterocycles. The van der Waals surface area contributed by atoms with E-state index >= 15 is 0 Å². The summed E-state index contributed by atoms with van der Waals surface area (Å²) in [5.74, 6) is -0.234. The Labute approximate surface area is 108 Å². The molecule has 0 atom stereocenters. The first-order chi connectivity index (χ1) is 9.24. The van der Waals surface area contributed by atoms with Crippen LogP contribution < -0.4 is 9.80 Å². The number of aromatic amines is 1. The molecule has 100 valence electrons. The molecule has 3 rings (SSSR count). The van der Waals surface area contributed by atoms with E-state index in [9.17, 15) is 4.79 Å². The molecule has 1 aliphatic rings. The number of piperazine rings is 1. The van der Waals surface area contributed by atoms with Crippen LogP contribution >= 0.6 is 0 Å². The van der Waals surface area contributed by atoms with Crippen molar-refractivity contribution in [2.24, 2.45) is 0 Å². The van der Waals surface area contributed by atoms with Crippen LogP contribution in [0.3, 0.4) is 0 Å². The number of nitrogens with zero attached hydrogens (tertiary/aromatic N) is 4. The van der Waals surface area contributed by atoms with Crippen molar-refractivity contribution in [1.82, 2.24) is 15.0 Å². The lowest BCUT2D eigenvalue weighted by Gasteiger charge is -2.33. The van der Waals surface area contributed by atoms with Gasteiger partial charge in [-0.2, -0.15) is 4.98 Å². The van der Waals surface area contributed by atoms with Gasteiger partial charge in [0.05, 0.1) is 0 Å². The summed E-state index contributed by atoms with van der Waals surface area (Å²) < 4.78 is 5.18. The number of aromatic nitrogens is 3. The van der Waals surface area contributed by atoms with Crippen molar-refractivity contribution in [3.8, 4) is 0 Å². The summed E-state index contributed by atoms with van der Waals surface area (Å²) in [6.07, 6.45) is 4.67. The third-order valence-corrected chi connectivity index (χ3v) is 3.04. The van der Waals surface area contributed by atoms with Crippen molar-refractivity contribution in [2.45, 2.75) is 0 Å². The minimum Gasteiger partial charge on any atom is -0.476 e. The zero-order valence-corrected chi connectivity index (χ0v) is 10.1. The highest BCUT2D eigenvalue weighted by Gasteiger charge is 2.22. The molecule has 0 saturated carbocycles. The van der Waals surface area contributed by atoms with Crippen LogP contribution in [0.15, 0.2) is 23.1 Å². The summed E-state index contributed by atoms with van der Waals surface area (Å²) in [5.41, 5.74) is -0.0662. The van der Waals surface area contributed by atoms with Gasteiger partial charge in [-0.3, -0.25) is 0 Å². The molecule has 8 nitrogen and oxygen atoms in total. The van der Waals surface area contributed by atoms with Crippen LogP contribution in [0.1, 0.15) is 10.5 Å². The molecule has 1 aliphatic heterocycles. The van der Waals surface area contributed by atoms with E-state index in [-0.39, 0.29) is 5.69 Å². The van der Waals surface area contributed by atoms with Gasteiger partial charge >= 0.3 is 5.97 Å². The van der Waals surface area contributed by atoms with Gasteiger partial charge in [0, 0.05) is 38.6 Å². The predicted molar refractivity (Wildman–Crippen MR) is 66.5 cm³/mol. The molecule has 1 saturated heterocycles. The van der Waals surface area contributed by atoms with E-state index in [1.165, 1.54) is 0 Å². The molecule has 3 heterocycles. The number of rotatable bonds is 3. The molecule has 19 heavy (non-hydrogen) atoms. The Balaban J connectivity index is 1.64. The minimum atomic E-state index is -1.08. The SMILES string of the molecule is O=C(O)c1coc(N2CCN(c3ncc[nH]3)CC2)n1. The molecule has 0 unspecified atom stereocenters. The smallest absolute Gasteiger partial charge is 0.357 e. The average Bonchev–Trinajstić information content (AvgIpc) is 3.11. The van der Waals surface area contributed by atoms with Crippen LogP contribution in [-0.4, -0.2) is 52.2 Å². The Kier molecular flexibility index (Phi) is 2.82. The van der Waals surface area contributed by atoms with E-state index in [0.717, 1.165) is 25.3 Å². The average molecular weight is 263 g/mol. The predicted octanol–water partition coefficient (Wildman–Crippen LogP) is 0.422. The Morgan fingerprint density at radius 1 is 1.32 bits per heavy atom. The lowest BCUT2D eigenvalue weighted by Crippen LogP contribution is -2.47. The molecular formula is C11H13N5O3. The largest absolute Gasteiger partial charge is 0.476 e. The van der Waals surface area contributed by atoms with Gasteiger partial charge in [0.2, 0.25) is 5.95 Å². The standard InChI is InChI=1S/C11H13N5O3/c17-9(18)8-7-19-11(14-8)16-5-3-15(4-6-16)10-12-1-2-13-10/h1-2,7H,3-6H2,(H,12,13)(H,17,18). The number of anilines is 2. The second-order valence-electron chi connectivity index (χ2n) is 4.21. The topological polar surface area (TPSA) is 98.5 Å². The summed E-state index contributed by atoms with van der Waals surface area (Å²) >= 11 is 0. The first-order valence-corrected chi connectivity index (χ1v) is 5.92. The summed E-state index contributed by atoms with van der Waals surface area (Å²) in [6, 6.07) is 0.358. The maximum absolute atomic E-state index is 10.7. The molecule has 2 N–H and O–H groups in total. The number of hydrogen-bond donors (Lipinski definition) is 2. The summed E-state index contributed by atoms with van der Waals surface area (Å²) in [5, 5.41) is 8.80.